The lowest BCUT2D eigenvalue weighted by molar-refractivity contribution is -0.141. The van der Waals surface area contributed by atoms with Crippen LogP contribution in [0.3, 0.4) is 0 Å². The van der Waals surface area contributed by atoms with Crippen LogP contribution >= 0.6 is 0 Å². The first kappa shape index (κ1) is 22.2. The number of nitrogens with two attached hydrogens (primary N) is 1. The van der Waals surface area contributed by atoms with Crippen LogP contribution in [0.1, 0.15) is 65.7 Å². The van der Waals surface area contributed by atoms with E-state index in [4.69, 9.17) is 10.5 Å². The van der Waals surface area contributed by atoms with E-state index >= 15 is 0 Å². The van der Waals surface area contributed by atoms with Gasteiger partial charge in [-0.3, -0.25) is 9.59 Å². The fraction of sp³-hybridized carbons (Fsp3) is 0.762. The Balaban J connectivity index is 2.25. The molecular formula is C21H35N3O4. The Labute approximate surface area is 168 Å². The molecule has 158 valence electrons. The predicted octanol–water partition coefficient (Wildman–Crippen LogP) is 2.74. The van der Waals surface area contributed by atoms with E-state index in [2.05, 4.69) is 11.9 Å². The van der Waals surface area contributed by atoms with Crippen LogP contribution in [0.2, 0.25) is 0 Å². The average Bonchev–Trinajstić information content (AvgIpc) is 3.29. The Morgan fingerprint density at radius 3 is 2.29 bits per heavy atom. The molecule has 0 saturated heterocycles. The van der Waals surface area contributed by atoms with E-state index in [1.54, 1.807) is 33.9 Å². The Morgan fingerprint density at radius 2 is 1.86 bits per heavy atom. The fourth-order valence-electron chi connectivity index (χ4n) is 4.01. The number of amides is 3. The average molecular weight is 394 g/mol. The van der Waals surface area contributed by atoms with Crippen molar-refractivity contribution in [2.24, 2.45) is 17.1 Å². The lowest BCUT2D eigenvalue weighted by Crippen LogP contribution is -2.59. The molecule has 1 unspecified atom stereocenters. The van der Waals surface area contributed by atoms with Crippen molar-refractivity contribution in [3.63, 3.8) is 0 Å². The van der Waals surface area contributed by atoms with E-state index < -0.39 is 35.1 Å². The zero-order valence-electron chi connectivity index (χ0n) is 17.6. The third-order valence-electron chi connectivity index (χ3n) is 5.82. The highest BCUT2D eigenvalue weighted by atomic mass is 16.6. The SMILES string of the molecule is C=CC1([C@H](NC(=O)OC(C)(C)C)C(=O)N(C)C(CC2CC2)C(N)=O)CCCC1. The summed E-state index contributed by atoms with van der Waals surface area (Å²) in [6.07, 6.45) is 7.22. The molecule has 0 spiro atoms. The number of rotatable bonds is 8. The third kappa shape index (κ3) is 5.49. The Morgan fingerprint density at radius 1 is 1.29 bits per heavy atom. The first-order chi connectivity index (χ1) is 13.0. The summed E-state index contributed by atoms with van der Waals surface area (Å²) in [5.41, 5.74) is 4.36. The molecule has 2 fully saturated rings. The molecule has 0 aromatic rings. The third-order valence-corrected chi connectivity index (χ3v) is 5.82. The summed E-state index contributed by atoms with van der Waals surface area (Å²) in [6, 6.07) is -1.51. The van der Waals surface area contributed by atoms with Crippen LogP contribution in [0.5, 0.6) is 0 Å². The Bertz CT molecular complexity index is 616. The molecule has 3 amide bonds. The van der Waals surface area contributed by atoms with E-state index in [-0.39, 0.29) is 5.91 Å². The van der Waals surface area contributed by atoms with Crippen molar-refractivity contribution in [2.75, 3.05) is 7.05 Å². The second-order valence-corrected chi connectivity index (χ2v) is 9.27. The molecule has 0 aliphatic heterocycles. The lowest BCUT2D eigenvalue weighted by Gasteiger charge is -2.38. The molecule has 0 radical (unpaired) electrons. The van der Waals surface area contributed by atoms with E-state index in [9.17, 15) is 14.4 Å². The van der Waals surface area contributed by atoms with Gasteiger partial charge in [0.25, 0.3) is 0 Å². The molecule has 3 N–H and O–H groups in total. The maximum atomic E-state index is 13.4. The fourth-order valence-corrected chi connectivity index (χ4v) is 4.01. The number of carbonyl (C=O) groups is 3. The van der Waals surface area contributed by atoms with Crippen molar-refractivity contribution in [2.45, 2.75) is 83.4 Å². The van der Waals surface area contributed by atoms with Crippen molar-refractivity contribution >= 4 is 17.9 Å². The lowest BCUT2D eigenvalue weighted by atomic mass is 9.77. The van der Waals surface area contributed by atoms with Gasteiger partial charge in [0.2, 0.25) is 11.8 Å². The number of nitrogens with zero attached hydrogens (tertiary/aromatic N) is 1. The monoisotopic (exact) mass is 393 g/mol. The molecule has 7 heteroatoms. The van der Waals surface area contributed by atoms with Gasteiger partial charge >= 0.3 is 6.09 Å². The largest absolute Gasteiger partial charge is 0.444 e. The topological polar surface area (TPSA) is 102 Å². The van der Waals surface area contributed by atoms with Crippen LogP contribution in [-0.4, -0.2) is 47.5 Å². The minimum Gasteiger partial charge on any atom is -0.444 e. The maximum Gasteiger partial charge on any atom is 0.408 e. The van der Waals surface area contributed by atoms with Gasteiger partial charge in [0.1, 0.15) is 17.7 Å². The van der Waals surface area contributed by atoms with E-state index in [0.717, 1.165) is 38.5 Å². The maximum absolute atomic E-state index is 13.4. The van der Waals surface area contributed by atoms with Crippen molar-refractivity contribution in [1.29, 1.82) is 0 Å². The smallest absolute Gasteiger partial charge is 0.408 e. The molecule has 7 nitrogen and oxygen atoms in total. The van der Waals surface area contributed by atoms with E-state index in [0.29, 0.717) is 12.3 Å². The van der Waals surface area contributed by atoms with Crippen molar-refractivity contribution in [3.8, 4) is 0 Å². The molecule has 2 aliphatic rings. The normalized spacial score (nSPS) is 20.7. The highest BCUT2D eigenvalue weighted by Gasteiger charge is 2.47. The standard InChI is InChI=1S/C21H35N3O4/c1-6-21(11-7-8-12-21)16(23-19(27)28-20(2,3)4)18(26)24(5)15(17(22)25)13-14-9-10-14/h6,14-16H,1,7-13H2,2-5H3,(H2,22,25)(H,23,27)/t15?,16-/m1/s1. The van der Waals surface area contributed by atoms with Crippen LogP contribution in [0, 0.1) is 11.3 Å². The quantitative estimate of drug-likeness (QED) is 0.619. The minimum absolute atomic E-state index is 0.322. The number of carbonyl (C=O) groups excluding carboxylic acids is 3. The minimum atomic E-state index is -0.839. The number of alkyl carbamates (subject to hydrolysis) is 1. The number of hydrogen-bond donors (Lipinski definition) is 2. The summed E-state index contributed by atoms with van der Waals surface area (Å²) in [5, 5.41) is 2.77. The van der Waals surface area contributed by atoms with Crippen LogP contribution in [0.25, 0.3) is 0 Å². The van der Waals surface area contributed by atoms with Gasteiger partial charge in [0.05, 0.1) is 0 Å². The zero-order chi connectivity index (χ0) is 21.1. The van der Waals surface area contributed by atoms with Crippen LogP contribution in [-0.2, 0) is 14.3 Å². The summed E-state index contributed by atoms with van der Waals surface area (Å²) >= 11 is 0. The van der Waals surface area contributed by atoms with Crippen LogP contribution in [0.4, 0.5) is 4.79 Å². The van der Waals surface area contributed by atoms with Gasteiger partial charge in [0.15, 0.2) is 0 Å². The predicted molar refractivity (Wildman–Crippen MR) is 107 cm³/mol. The molecule has 28 heavy (non-hydrogen) atoms. The highest BCUT2D eigenvalue weighted by Crippen LogP contribution is 2.43. The van der Waals surface area contributed by atoms with Crippen LogP contribution in [0.15, 0.2) is 12.7 Å². The van der Waals surface area contributed by atoms with E-state index in [1.165, 1.54) is 4.90 Å². The number of likely N-dealkylation sites (N-methyl/N-ethyl adjacent to an activating group) is 1. The number of hydrogen-bond acceptors (Lipinski definition) is 4. The van der Waals surface area contributed by atoms with Gasteiger partial charge < -0.3 is 20.7 Å². The summed E-state index contributed by atoms with van der Waals surface area (Å²) < 4.78 is 5.38. The molecule has 0 aromatic carbocycles. The van der Waals surface area contributed by atoms with Gasteiger partial charge in [-0.15, -0.1) is 6.58 Å². The molecule has 2 atom stereocenters. The molecule has 2 saturated carbocycles. The van der Waals surface area contributed by atoms with Gasteiger partial charge in [0, 0.05) is 12.5 Å². The number of primary amides is 1. The Kier molecular flexibility index (Phi) is 6.78. The summed E-state index contributed by atoms with van der Waals surface area (Å²) in [7, 11) is 1.59. The molecule has 2 aliphatic carbocycles. The molecule has 0 bridgehead atoms. The molecule has 0 aromatic heterocycles. The molecule has 0 heterocycles. The summed E-state index contributed by atoms with van der Waals surface area (Å²) in [5.74, 6) is -0.403. The first-order valence-corrected chi connectivity index (χ1v) is 10.2. The summed E-state index contributed by atoms with van der Waals surface area (Å²) in [4.78, 5) is 39.3. The Hall–Kier alpha value is -2.05. The van der Waals surface area contributed by atoms with Crippen molar-refractivity contribution in [1.82, 2.24) is 10.2 Å². The second kappa shape index (κ2) is 8.53. The zero-order valence-corrected chi connectivity index (χ0v) is 17.6. The number of nitrogens with one attached hydrogen (secondary N) is 1. The molecular weight excluding hydrogens is 358 g/mol. The van der Waals surface area contributed by atoms with E-state index in [1.807, 2.05) is 0 Å². The van der Waals surface area contributed by atoms with Crippen LogP contribution < -0.4 is 11.1 Å². The van der Waals surface area contributed by atoms with Crippen molar-refractivity contribution < 1.29 is 19.1 Å². The van der Waals surface area contributed by atoms with Crippen molar-refractivity contribution in [3.05, 3.63) is 12.7 Å². The highest BCUT2D eigenvalue weighted by molar-refractivity contribution is 5.91. The van der Waals surface area contributed by atoms with Gasteiger partial charge in [-0.25, -0.2) is 4.79 Å². The second-order valence-electron chi connectivity index (χ2n) is 9.27. The van der Waals surface area contributed by atoms with Gasteiger partial charge in [-0.2, -0.15) is 0 Å². The summed E-state index contributed by atoms with van der Waals surface area (Å²) in [6.45, 7) is 9.26. The van der Waals surface area contributed by atoms with Gasteiger partial charge in [-0.1, -0.05) is 31.8 Å². The van der Waals surface area contributed by atoms with Gasteiger partial charge in [-0.05, 0) is 46.0 Å². The first-order valence-electron chi connectivity index (χ1n) is 10.2. The number of ether oxygens (including phenoxy) is 1. The molecule has 2 rings (SSSR count).